The first-order valence-corrected chi connectivity index (χ1v) is 22.8. The molecule has 0 aliphatic carbocycles. The molecule has 0 bridgehead atoms. The number of hydrogen-bond acceptors (Lipinski definition) is 2. The van der Waals surface area contributed by atoms with E-state index >= 15 is 0 Å². The van der Waals surface area contributed by atoms with Gasteiger partial charge in [-0.2, -0.15) is 0 Å². The molecule has 0 spiro atoms. The first-order chi connectivity index (χ1) is 31.0. The van der Waals surface area contributed by atoms with Gasteiger partial charge in [-0.15, -0.1) is 0 Å². The van der Waals surface area contributed by atoms with Gasteiger partial charge in [0.1, 0.15) is 0 Å². The molecule has 2 nitrogen and oxygen atoms in total. The standard InChI is InChI=1S/C62H56N2/c1-61(2,3)49-25-33-53(34-26-49)63(51-29-17-45(18-30-51)41-43-13-9-7-10-14-43)57-39-23-47-22-38-56-58(40-24-48-21-37-55(57)59(47)60(48)56)64(54-35-27-50(28-36-54)62(4,5)6)52-31-19-46(20-32-52)42-44-15-11-8-12-16-44/h7-40H,41-42H2,1-6H3. The van der Waals surface area contributed by atoms with Crippen LogP contribution in [0, 0.1) is 0 Å². The average Bonchev–Trinajstić information content (AvgIpc) is 3.31. The Kier molecular flexibility index (Phi) is 10.6. The molecular weight excluding hydrogens is 773 g/mol. The molecule has 0 unspecified atom stereocenters. The zero-order valence-electron chi connectivity index (χ0n) is 37.9. The lowest BCUT2D eigenvalue weighted by molar-refractivity contribution is 0.590. The van der Waals surface area contributed by atoms with Crippen molar-refractivity contribution in [2.24, 2.45) is 0 Å². The van der Waals surface area contributed by atoms with E-state index < -0.39 is 0 Å². The summed E-state index contributed by atoms with van der Waals surface area (Å²) in [5.41, 5.74) is 14.8. The van der Waals surface area contributed by atoms with E-state index in [0.29, 0.717) is 0 Å². The van der Waals surface area contributed by atoms with Gasteiger partial charge in [0.25, 0.3) is 0 Å². The Labute approximate surface area is 379 Å². The molecule has 314 valence electrons. The summed E-state index contributed by atoms with van der Waals surface area (Å²) in [6, 6.07) is 76.8. The highest BCUT2D eigenvalue weighted by Gasteiger charge is 2.23. The Bertz CT molecular complexity index is 2950. The van der Waals surface area contributed by atoms with Gasteiger partial charge in [-0.3, -0.25) is 0 Å². The molecule has 0 saturated carbocycles. The fraction of sp³-hybridized carbons (Fsp3) is 0.161. The molecule has 10 rings (SSSR count). The van der Waals surface area contributed by atoms with Crippen LogP contribution in [-0.4, -0.2) is 0 Å². The Morgan fingerprint density at radius 1 is 0.297 bits per heavy atom. The van der Waals surface area contributed by atoms with Crippen molar-refractivity contribution >= 4 is 66.4 Å². The third-order valence-corrected chi connectivity index (χ3v) is 13.0. The molecule has 0 saturated heterocycles. The van der Waals surface area contributed by atoms with Crippen LogP contribution in [0.15, 0.2) is 206 Å². The van der Waals surface area contributed by atoms with Gasteiger partial charge in [0, 0.05) is 33.5 Å². The maximum Gasteiger partial charge on any atom is 0.0540 e. The van der Waals surface area contributed by atoms with Gasteiger partial charge in [0.15, 0.2) is 0 Å². The Morgan fingerprint density at radius 3 is 0.922 bits per heavy atom. The van der Waals surface area contributed by atoms with Crippen molar-refractivity contribution in [3.63, 3.8) is 0 Å². The van der Waals surface area contributed by atoms with Crippen molar-refractivity contribution in [2.45, 2.75) is 65.2 Å². The predicted molar refractivity (Wildman–Crippen MR) is 275 cm³/mol. The van der Waals surface area contributed by atoms with Gasteiger partial charge in [-0.25, -0.2) is 0 Å². The molecule has 0 N–H and O–H groups in total. The third kappa shape index (κ3) is 8.01. The fourth-order valence-electron chi connectivity index (χ4n) is 9.42. The summed E-state index contributed by atoms with van der Waals surface area (Å²) in [6.07, 6.45) is 1.80. The van der Waals surface area contributed by atoms with Gasteiger partial charge >= 0.3 is 0 Å². The van der Waals surface area contributed by atoms with Crippen LogP contribution in [0.2, 0.25) is 0 Å². The van der Waals surface area contributed by atoms with E-state index in [2.05, 4.69) is 258 Å². The van der Waals surface area contributed by atoms with Crippen molar-refractivity contribution in [1.29, 1.82) is 0 Å². The first-order valence-electron chi connectivity index (χ1n) is 22.8. The Morgan fingerprint density at radius 2 is 0.594 bits per heavy atom. The summed E-state index contributed by atoms with van der Waals surface area (Å²) in [5, 5.41) is 7.50. The van der Waals surface area contributed by atoms with E-state index in [1.165, 1.54) is 65.7 Å². The average molecular weight is 829 g/mol. The van der Waals surface area contributed by atoms with Crippen molar-refractivity contribution in [1.82, 2.24) is 0 Å². The summed E-state index contributed by atoms with van der Waals surface area (Å²) < 4.78 is 0. The molecule has 0 heterocycles. The predicted octanol–water partition coefficient (Wildman–Crippen LogP) is 17.3. The molecule has 64 heavy (non-hydrogen) atoms. The SMILES string of the molecule is CC(C)(C)c1ccc(N(c2ccc(Cc3ccccc3)cc2)c2ccc3ccc4c(N(c5ccc(Cc6ccccc6)cc5)c5ccc(C(C)(C)C)cc5)ccc5ccc2c3c54)cc1. The molecule has 10 aromatic carbocycles. The number of rotatable bonds is 10. The van der Waals surface area contributed by atoms with Crippen molar-refractivity contribution < 1.29 is 0 Å². The summed E-state index contributed by atoms with van der Waals surface area (Å²) in [7, 11) is 0. The van der Waals surface area contributed by atoms with Gasteiger partial charge in [-0.1, -0.05) is 187 Å². The lowest BCUT2D eigenvalue weighted by atomic mass is 9.87. The maximum absolute atomic E-state index is 2.45. The summed E-state index contributed by atoms with van der Waals surface area (Å²) in [5.74, 6) is 0. The largest absolute Gasteiger partial charge is 0.310 e. The monoisotopic (exact) mass is 828 g/mol. The van der Waals surface area contributed by atoms with E-state index in [0.717, 1.165) is 47.0 Å². The van der Waals surface area contributed by atoms with Crippen LogP contribution < -0.4 is 9.80 Å². The minimum Gasteiger partial charge on any atom is -0.310 e. The minimum absolute atomic E-state index is 0.0554. The normalized spacial score (nSPS) is 12.0. The molecule has 0 amide bonds. The molecule has 2 heteroatoms. The van der Waals surface area contributed by atoms with E-state index in [9.17, 15) is 0 Å². The fourth-order valence-corrected chi connectivity index (χ4v) is 9.42. The van der Waals surface area contributed by atoms with Crippen LogP contribution in [0.3, 0.4) is 0 Å². The van der Waals surface area contributed by atoms with Crippen LogP contribution in [0.5, 0.6) is 0 Å². The van der Waals surface area contributed by atoms with Crippen LogP contribution >= 0.6 is 0 Å². The topological polar surface area (TPSA) is 6.48 Å². The second kappa shape index (κ2) is 16.5. The molecule has 0 aromatic heterocycles. The highest BCUT2D eigenvalue weighted by molar-refractivity contribution is 6.28. The molecular formula is C62H56N2. The zero-order valence-corrected chi connectivity index (χ0v) is 37.9. The van der Waals surface area contributed by atoms with Gasteiger partial charge in [0.2, 0.25) is 0 Å². The number of nitrogens with zero attached hydrogens (tertiary/aromatic N) is 2. The van der Waals surface area contributed by atoms with Crippen LogP contribution in [0.1, 0.15) is 74.9 Å². The molecule has 0 fully saturated rings. The maximum atomic E-state index is 2.45. The Balaban J connectivity index is 1.13. The highest BCUT2D eigenvalue weighted by atomic mass is 15.1. The minimum atomic E-state index is 0.0554. The van der Waals surface area contributed by atoms with Gasteiger partial charge in [0.05, 0.1) is 11.4 Å². The molecule has 0 aliphatic rings. The molecule has 0 radical (unpaired) electrons. The summed E-state index contributed by atoms with van der Waals surface area (Å²) in [4.78, 5) is 4.90. The van der Waals surface area contributed by atoms with Crippen LogP contribution in [0.25, 0.3) is 32.3 Å². The van der Waals surface area contributed by atoms with Crippen LogP contribution in [-0.2, 0) is 23.7 Å². The summed E-state index contributed by atoms with van der Waals surface area (Å²) >= 11 is 0. The zero-order chi connectivity index (χ0) is 44.0. The second-order valence-electron chi connectivity index (χ2n) is 19.5. The van der Waals surface area contributed by atoms with E-state index in [1.807, 2.05) is 0 Å². The Hall–Kier alpha value is -7.16. The number of hydrogen-bond donors (Lipinski definition) is 0. The van der Waals surface area contributed by atoms with Gasteiger partial charge in [-0.05, 0) is 139 Å². The lowest BCUT2D eigenvalue weighted by Gasteiger charge is -2.30. The highest BCUT2D eigenvalue weighted by Crippen LogP contribution is 2.48. The molecule has 10 aromatic rings. The van der Waals surface area contributed by atoms with Crippen LogP contribution in [0.4, 0.5) is 34.1 Å². The quantitative estimate of drug-likeness (QED) is 0.127. The molecule has 0 aliphatic heterocycles. The molecule has 0 atom stereocenters. The van der Waals surface area contributed by atoms with E-state index in [1.54, 1.807) is 0 Å². The lowest BCUT2D eigenvalue weighted by Crippen LogP contribution is -2.14. The van der Waals surface area contributed by atoms with Crippen molar-refractivity contribution in [2.75, 3.05) is 9.80 Å². The van der Waals surface area contributed by atoms with E-state index in [-0.39, 0.29) is 10.8 Å². The van der Waals surface area contributed by atoms with E-state index in [4.69, 9.17) is 0 Å². The van der Waals surface area contributed by atoms with Gasteiger partial charge < -0.3 is 9.80 Å². The number of benzene rings is 10. The smallest absolute Gasteiger partial charge is 0.0540 e. The van der Waals surface area contributed by atoms with Crippen molar-refractivity contribution in [3.8, 4) is 0 Å². The second-order valence-corrected chi connectivity index (χ2v) is 19.5. The summed E-state index contributed by atoms with van der Waals surface area (Å²) in [6.45, 7) is 13.7. The third-order valence-electron chi connectivity index (χ3n) is 13.0. The van der Waals surface area contributed by atoms with Crippen molar-refractivity contribution in [3.05, 3.63) is 240 Å². The number of anilines is 6. The first kappa shape index (κ1) is 40.9.